The Morgan fingerprint density at radius 2 is 1.52 bits per heavy atom. The Balaban J connectivity index is 1.47. The molecule has 8 heteroatoms. The third-order valence-corrected chi connectivity index (χ3v) is 4.53. The maximum Gasteiger partial charge on any atom is 0.333 e. The molecule has 0 bridgehead atoms. The SMILES string of the molecule is O=C(CCCCN(Cc1ccccn1)Cc1ccccn1)ON1C(=O)CCC1=O. The summed E-state index contributed by atoms with van der Waals surface area (Å²) in [6, 6.07) is 11.6. The lowest BCUT2D eigenvalue weighted by atomic mass is 10.2. The average molecular weight is 396 g/mol. The van der Waals surface area contributed by atoms with Crippen molar-refractivity contribution < 1.29 is 19.2 Å². The van der Waals surface area contributed by atoms with Gasteiger partial charge in [-0.2, -0.15) is 0 Å². The summed E-state index contributed by atoms with van der Waals surface area (Å²) < 4.78 is 0. The van der Waals surface area contributed by atoms with Gasteiger partial charge in [0, 0.05) is 44.7 Å². The third-order valence-electron chi connectivity index (χ3n) is 4.53. The van der Waals surface area contributed by atoms with E-state index < -0.39 is 17.8 Å². The van der Waals surface area contributed by atoms with Crippen LogP contribution >= 0.6 is 0 Å². The molecule has 29 heavy (non-hydrogen) atoms. The number of carbonyl (C=O) groups excluding carboxylic acids is 3. The summed E-state index contributed by atoms with van der Waals surface area (Å²) in [5.41, 5.74) is 1.93. The first-order chi connectivity index (χ1) is 14.1. The van der Waals surface area contributed by atoms with E-state index >= 15 is 0 Å². The highest BCUT2D eigenvalue weighted by molar-refractivity contribution is 6.01. The zero-order chi connectivity index (χ0) is 20.5. The number of carbonyl (C=O) groups is 3. The summed E-state index contributed by atoms with van der Waals surface area (Å²) in [6.45, 7) is 2.11. The van der Waals surface area contributed by atoms with Crippen LogP contribution in [-0.4, -0.2) is 44.3 Å². The van der Waals surface area contributed by atoms with Gasteiger partial charge in [0.25, 0.3) is 11.8 Å². The Hall–Kier alpha value is -3.13. The average Bonchev–Trinajstić information content (AvgIpc) is 3.04. The molecular formula is C21H24N4O4. The van der Waals surface area contributed by atoms with E-state index in [-0.39, 0.29) is 19.3 Å². The fourth-order valence-corrected chi connectivity index (χ4v) is 3.07. The molecule has 0 unspecified atom stereocenters. The van der Waals surface area contributed by atoms with Gasteiger partial charge in [-0.05, 0) is 43.7 Å². The van der Waals surface area contributed by atoms with Crippen molar-refractivity contribution in [2.24, 2.45) is 0 Å². The number of aromatic nitrogens is 2. The molecule has 2 aromatic rings. The number of rotatable bonds is 10. The topological polar surface area (TPSA) is 92.7 Å². The molecule has 2 aromatic heterocycles. The highest BCUT2D eigenvalue weighted by Crippen LogP contribution is 2.14. The van der Waals surface area contributed by atoms with Crippen LogP contribution < -0.4 is 0 Å². The number of hydroxylamine groups is 2. The van der Waals surface area contributed by atoms with Crippen molar-refractivity contribution >= 4 is 17.8 Å². The lowest BCUT2D eigenvalue weighted by molar-refractivity contribution is -0.197. The molecule has 0 spiro atoms. The molecule has 1 saturated heterocycles. The molecule has 1 aliphatic heterocycles. The van der Waals surface area contributed by atoms with Crippen LogP contribution in [0.15, 0.2) is 48.8 Å². The normalized spacial score (nSPS) is 13.9. The monoisotopic (exact) mass is 396 g/mol. The standard InChI is InChI=1S/C21H24N4O4/c26-19-10-11-20(27)25(19)29-21(28)9-3-6-14-24(15-17-7-1-4-12-22-17)16-18-8-2-5-13-23-18/h1-2,4-5,7-8,12-13H,3,6,9-11,14-16H2. The van der Waals surface area contributed by atoms with E-state index in [9.17, 15) is 14.4 Å². The first-order valence-corrected chi connectivity index (χ1v) is 9.70. The second-order valence-electron chi connectivity index (χ2n) is 6.86. The third kappa shape index (κ3) is 6.46. The minimum Gasteiger partial charge on any atom is -0.330 e. The van der Waals surface area contributed by atoms with Gasteiger partial charge in [0.15, 0.2) is 0 Å². The summed E-state index contributed by atoms with van der Waals surface area (Å²) in [5.74, 6) is -1.48. The van der Waals surface area contributed by atoms with Gasteiger partial charge in [0.1, 0.15) is 0 Å². The Morgan fingerprint density at radius 1 is 0.931 bits per heavy atom. The highest BCUT2D eigenvalue weighted by Gasteiger charge is 2.32. The van der Waals surface area contributed by atoms with Crippen molar-refractivity contribution in [2.75, 3.05) is 6.54 Å². The van der Waals surface area contributed by atoms with Crippen molar-refractivity contribution in [1.29, 1.82) is 0 Å². The Labute approximate surface area is 169 Å². The fraction of sp³-hybridized carbons (Fsp3) is 0.381. The second-order valence-corrected chi connectivity index (χ2v) is 6.86. The van der Waals surface area contributed by atoms with Crippen molar-refractivity contribution in [2.45, 2.75) is 45.2 Å². The number of pyridine rings is 2. The lowest BCUT2D eigenvalue weighted by Gasteiger charge is -2.21. The van der Waals surface area contributed by atoms with E-state index in [4.69, 9.17) is 4.84 Å². The van der Waals surface area contributed by atoms with Gasteiger partial charge < -0.3 is 4.84 Å². The largest absolute Gasteiger partial charge is 0.333 e. The second kappa shape index (κ2) is 10.4. The maximum atomic E-state index is 11.9. The van der Waals surface area contributed by atoms with Gasteiger partial charge in [-0.15, -0.1) is 5.06 Å². The van der Waals surface area contributed by atoms with Crippen LogP contribution in [0.5, 0.6) is 0 Å². The number of unbranched alkanes of at least 4 members (excludes halogenated alkanes) is 1. The van der Waals surface area contributed by atoms with E-state index in [0.717, 1.165) is 24.4 Å². The molecule has 8 nitrogen and oxygen atoms in total. The van der Waals surface area contributed by atoms with E-state index in [1.807, 2.05) is 36.4 Å². The van der Waals surface area contributed by atoms with Gasteiger partial charge in [0.2, 0.25) is 0 Å². The minimum absolute atomic E-state index is 0.0993. The molecular weight excluding hydrogens is 372 g/mol. The number of hydrogen-bond acceptors (Lipinski definition) is 7. The smallest absolute Gasteiger partial charge is 0.330 e. The molecule has 0 aliphatic carbocycles. The van der Waals surface area contributed by atoms with Gasteiger partial charge in [0.05, 0.1) is 11.4 Å². The predicted molar refractivity (Wildman–Crippen MR) is 104 cm³/mol. The Bertz CT molecular complexity index is 772. The summed E-state index contributed by atoms with van der Waals surface area (Å²) in [5, 5.41) is 0.594. The summed E-state index contributed by atoms with van der Waals surface area (Å²) in [7, 11) is 0. The van der Waals surface area contributed by atoms with Crippen LogP contribution in [0.4, 0.5) is 0 Å². The van der Waals surface area contributed by atoms with E-state index in [2.05, 4.69) is 14.9 Å². The zero-order valence-corrected chi connectivity index (χ0v) is 16.2. The summed E-state index contributed by atoms with van der Waals surface area (Å²) >= 11 is 0. The van der Waals surface area contributed by atoms with Gasteiger partial charge in [-0.25, -0.2) is 4.79 Å². The van der Waals surface area contributed by atoms with E-state index in [1.165, 1.54) is 0 Å². The number of imide groups is 1. The number of hydrogen-bond donors (Lipinski definition) is 0. The van der Waals surface area contributed by atoms with Crippen LogP contribution in [0, 0.1) is 0 Å². The maximum absolute atomic E-state index is 11.9. The van der Waals surface area contributed by atoms with Gasteiger partial charge in [-0.1, -0.05) is 12.1 Å². The molecule has 0 atom stereocenters. The molecule has 0 saturated carbocycles. The molecule has 1 fully saturated rings. The highest BCUT2D eigenvalue weighted by atomic mass is 16.7. The lowest BCUT2D eigenvalue weighted by Crippen LogP contribution is -2.32. The van der Waals surface area contributed by atoms with Crippen LogP contribution in [0.3, 0.4) is 0 Å². The molecule has 3 rings (SSSR count). The molecule has 0 radical (unpaired) electrons. The van der Waals surface area contributed by atoms with Crippen molar-refractivity contribution in [1.82, 2.24) is 19.9 Å². The quantitative estimate of drug-likeness (QED) is 0.449. The minimum atomic E-state index is -0.561. The number of nitrogens with zero attached hydrogens (tertiary/aromatic N) is 4. The van der Waals surface area contributed by atoms with Crippen molar-refractivity contribution in [3.8, 4) is 0 Å². The van der Waals surface area contributed by atoms with Gasteiger partial charge in [-0.3, -0.25) is 24.5 Å². The first-order valence-electron chi connectivity index (χ1n) is 9.70. The molecule has 152 valence electrons. The van der Waals surface area contributed by atoms with E-state index in [0.29, 0.717) is 24.6 Å². The Kier molecular flexibility index (Phi) is 7.40. The van der Waals surface area contributed by atoms with Crippen LogP contribution in [-0.2, 0) is 32.3 Å². The van der Waals surface area contributed by atoms with Crippen molar-refractivity contribution in [3.63, 3.8) is 0 Å². The van der Waals surface area contributed by atoms with Crippen LogP contribution in [0.25, 0.3) is 0 Å². The zero-order valence-electron chi connectivity index (χ0n) is 16.2. The molecule has 2 amide bonds. The fourth-order valence-electron chi connectivity index (χ4n) is 3.07. The van der Waals surface area contributed by atoms with Gasteiger partial charge >= 0.3 is 5.97 Å². The van der Waals surface area contributed by atoms with Crippen LogP contribution in [0.2, 0.25) is 0 Å². The molecule has 0 aromatic carbocycles. The summed E-state index contributed by atoms with van der Waals surface area (Å²) in [4.78, 5) is 50.8. The molecule has 3 heterocycles. The molecule has 1 aliphatic rings. The predicted octanol–water partition coefficient (Wildman–Crippen LogP) is 2.26. The number of amides is 2. The molecule has 0 N–H and O–H groups in total. The summed E-state index contributed by atoms with van der Waals surface area (Å²) in [6.07, 6.45) is 5.24. The van der Waals surface area contributed by atoms with Crippen molar-refractivity contribution in [3.05, 3.63) is 60.2 Å². The van der Waals surface area contributed by atoms with E-state index in [1.54, 1.807) is 12.4 Å². The van der Waals surface area contributed by atoms with Crippen LogP contribution in [0.1, 0.15) is 43.5 Å². The Morgan fingerprint density at radius 3 is 2.03 bits per heavy atom. The first kappa shape index (κ1) is 20.6.